The van der Waals surface area contributed by atoms with Gasteiger partial charge in [-0.25, -0.2) is 0 Å². The molecule has 1 N–H and O–H groups in total. The number of hydrogen-bond donors (Lipinski definition) is 1. The number of amides is 2. The van der Waals surface area contributed by atoms with Gasteiger partial charge in [0.15, 0.2) is 0 Å². The molecule has 0 spiro atoms. The van der Waals surface area contributed by atoms with Crippen molar-refractivity contribution in [2.45, 2.75) is 64.3 Å². The standard InChI is InChI=1S/C18H29N5O2S/c1-18(2,3)16-20-21-17(26-16)19-14(24)12-22-9-6-7-13(11-22)23-10-5-4-8-15(23)25/h13H,4-12H2,1-3H3,(H,19,21,24). The van der Waals surface area contributed by atoms with Gasteiger partial charge in [0.1, 0.15) is 5.01 Å². The number of anilines is 1. The minimum absolute atomic E-state index is 0.0628. The van der Waals surface area contributed by atoms with Gasteiger partial charge < -0.3 is 4.90 Å². The van der Waals surface area contributed by atoms with Gasteiger partial charge in [-0.1, -0.05) is 32.1 Å². The molecule has 1 atom stereocenters. The van der Waals surface area contributed by atoms with Crippen molar-refractivity contribution >= 4 is 28.3 Å². The van der Waals surface area contributed by atoms with Crippen molar-refractivity contribution < 1.29 is 9.59 Å². The molecule has 2 amide bonds. The predicted molar refractivity (Wildman–Crippen MR) is 102 cm³/mol. The maximum atomic E-state index is 12.4. The Morgan fingerprint density at radius 2 is 2.04 bits per heavy atom. The summed E-state index contributed by atoms with van der Waals surface area (Å²) in [6, 6.07) is 0.248. The fourth-order valence-corrected chi connectivity index (χ4v) is 4.40. The Morgan fingerprint density at radius 1 is 1.23 bits per heavy atom. The van der Waals surface area contributed by atoms with Crippen LogP contribution in [0.1, 0.15) is 57.9 Å². The average Bonchev–Trinajstić information content (AvgIpc) is 3.04. The van der Waals surface area contributed by atoms with Gasteiger partial charge in [0.05, 0.1) is 6.54 Å². The summed E-state index contributed by atoms with van der Waals surface area (Å²) in [5.41, 5.74) is -0.0677. The first-order valence-corrected chi connectivity index (χ1v) is 10.3. The quantitative estimate of drug-likeness (QED) is 0.868. The third-order valence-electron chi connectivity index (χ3n) is 4.96. The van der Waals surface area contributed by atoms with E-state index in [1.807, 2.05) is 4.90 Å². The van der Waals surface area contributed by atoms with E-state index in [0.717, 1.165) is 50.3 Å². The van der Waals surface area contributed by atoms with E-state index in [-0.39, 0.29) is 23.3 Å². The van der Waals surface area contributed by atoms with Gasteiger partial charge in [-0.15, -0.1) is 10.2 Å². The zero-order valence-electron chi connectivity index (χ0n) is 16.0. The van der Waals surface area contributed by atoms with Crippen LogP contribution >= 0.6 is 11.3 Å². The van der Waals surface area contributed by atoms with Gasteiger partial charge >= 0.3 is 0 Å². The summed E-state index contributed by atoms with van der Waals surface area (Å²) in [5, 5.41) is 12.6. The Balaban J connectivity index is 1.52. The topological polar surface area (TPSA) is 78.4 Å². The van der Waals surface area contributed by atoms with Crippen LogP contribution < -0.4 is 5.32 Å². The van der Waals surface area contributed by atoms with E-state index in [0.29, 0.717) is 18.1 Å². The van der Waals surface area contributed by atoms with Gasteiger partial charge in [0.2, 0.25) is 16.9 Å². The lowest BCUT2D eigenvalue weighted by molar-refractivity contribution is -0.137. The van der Waals surface area contributed by atoms with Gasteiger partial charge in [-0.2, -0.15) is 0 Å². The first-order valence-electron chi connectivity index (χ1n) is 9.48. The summed E-state index contributed by atoms with van der Waals surface area (Å²) in [6.07, 6.45) is 4.83. The van der Waals surface area contributed by atoms with Crippen molar-refractivity contribution in [3.63, 3.8) is 0 Å². The van der Waals surface area contributed by atoms with Crippen LogP contribution in [-0.2, 0) is 15.0 Å². The highest BCUT2D eigenvalue weighted by Crippen LogP contribution is 2.27. The largest absolute Gasteiger partial charge is 0.338 e. The summed E-state index contributed by atoms with van der Waals surface area (Å²) >= 11 is 1.43. The molecule has 0 aliphatic carbocycles. The second-order valence-corrected chi connectivity index (χ2v) is 9.26. The number of carbonyl (C=O) groups is 2. The van der Waals surface area contributed by atoms with Crippen molar-refractivity contribution in [1.29, 1.82) is 0 Å². The molecule has 1 unspecified atom stereocenters. The maximum absolute atomic E-state index is 12.4. The van der Waals surface area contributed by atoms with Crippen LogP contribution in [0.4, 0.5) is 5.13 Å². The van der Waals surface area contributed by atoms with Gasteiger partial charge in [-0.3, -0.25) is 19.8 Å². The molecule has 0 bridgehead atoms. The summed E-state index contributed by atoms with van der Waals surface area (Å²) in [6.45, 7) is 9.11. The van der Waals surface area contributed by atoms with E-state index in [9.17, 15) is 9.59 Å². The molecule has 2 aliphatic rings. The predicted octanol–water partition coefficient (Wildman–Crippen LogP) is 2.25. The molecule has 7 nitrogen and oxygen atoms in total. The van der Waals surface area contributed by atoms with Crippen molar-refractivity contribution in [3.8, 4) is 0 Å². The molecule has 0 radical (unpaired) electrons. The molecule has 8 heteroatoms. The molecule has 0 saturated carbocycles. The highest BCUT2D eigenvalue weighted by molar-refractivity contribution is 7.15. The highest BCUT2D eigenvalue weighted by atomic mass is 32.1. The van der Waals surface area contributed by atoms with E-state index in [2.05, 4.69) is 41.2 Å². The minimum Gasteiger partial charge on any atom is -0.338 e. The molecule has 2 fully saturated rings. The summed E-state index contributed by atoms with van der Waals surface area (Å²) in [5.74, 6) is 0.211. The molecule has 2 aliphatic heterocycles. The molecule has 0 aromatic carbocycles. The minimum atomic E-state index is -0.0677. The maximum Gasteiger partial charge on any atom is 0.240 e. The van der Waals surface area contributed by atoms with Crippen LogP contribution in [0.5, 0.6) is 0 Å². The number of carbonyl (C=O) groups excluding carboxylic acids is 2. The number of nitrogens with zero attached hydrogens (tertiary/aromatic N) is 4. The van der Waals surface area contributed by atoms with Crippen molar-refractivity contribution in [2.24, 2.45) is 0 Å². The smallest absolute Gasteiger partial charge is 0.240 e. The van der Waals surface area contributed by atoms with Gasteiger partial charge in [-0.05, 0) is 32.2 Å². The Labute approximate surface area is 159 Å². The third kappa shape index (κ3) is 4.79. The van der Waals surface area contributed by atoms with Crippen LogP contribution in [0.2, 0.25) is 0 Å². The number of aromatic nitrogens is 2. The molecule has 3 rings (SSSR count). The van der Waals surface area contributed by atoms with Crippen LogP contribution in [0.15, 0.2) is 0 Å². The number of piperidine rings is 2. The molecule has 144 valence electrons. The summed E-state index contributed by atoms with van der Waals surface area (Å²) < 4.78 is 0. The van der Waals surface area contributed by atoms with E-state index in [4.69, 9.17) is 0 Å². The first kappa shape index (κ1) is 19.2. The fourth-order valence-electron chi connectivity index (χ4n) is 3.58. The average molecular weight is 380 g/mol. The molecule has 3 heterocycles. The lowest BCUT2D eigenvalue weighted by atomic mass is 9.98. The van der Waals surface area contributed by atoms with E-state index >= 15 is 0 Å². The number of nitrogens with one attached hydrogen (secondary N) is 1. The lowest BCUT2D eigenvalue weighted by Crippen LogP contribution is -2.52. The second kappa shape index (κ2) is 8.00. The molecule has 1 aromatic rings. The Hall–Kier alpha value is -1.54. The Bertz CT molecular complexity index is 654. The molecular formula is C18H29N5O2S. The zero-order chi connectivity index (χ0) is 18.7. The second-order valence-electron chi connectivity index (χ2n) is 8.29. The van der Waals surface area contributed by atoms with Crippen LogP contribution in [0, 0.1) is 0 Å². The van der Waals surface area contributed by atoms with Crippen molar-refractivity contribution in [3.05, 3.63) is 5.01 Å². The van der Waals surface area contributed by atoms with Crippen LogP contribution in [-0.4, -0.2) is 64.0 Å². The van der Waals surface area contributed by atoms with E-state index in [1.165, 1.54) is 11.3 Å². The Morgan fingerprint density at radius 3 is 2.73 bits per heavy atom. The monoisotopic (exact) mass is 379 g/mol. The number of likely N-dealkylation sites (tertiary alicyclic amines) is 2. The normalized spacial score (nSPS) is 22.5. The number of rotatable bonds is 4. The highest BCUT2D eigenvalue weighted by Gasteiger charge is 2.30. The van der Waals surface area contributed by atoms with Crippen LogP contribution in [0.25, 0.3) is 0 Å². The lowest BCUT2D eigenvalue weighted by Gasteiger charge is -2.40. The first-order chi connectivity index (χ1) is 12.3. The van der Waals surface area contributed by atoms with E-state index < -0.39 is 0 Å². The van der Waals surface area contributed by atoms with Crippen molar-refractivity contribution in [2.75, 3.05) is 31.5 Å². The van der Waals surface area contributed by atoms with Gasteiger partial charge in [0.25, 0.3) is 0 Å². The fraction of sp³-hybridized carbons (Fsp3) is 0.778. The zero-order valence-corrected chi connectivity index (χ0v) is 16.8. The third-order valence-corrected chi connectivity index (χ3v) is 6.23. The van der Waals surface area contributed by atoms with Crippen LogP contribution in [0.3, 0.4) is 0 Å². The summed E-state index contributed by atoms with van der Waals surface area (Å²) in [4.78, 5) is 28.7. The molecule has 1 aromatic heterocycles. The summed E-state index contributed by atoms with van der Waals surface area (Å²) in [7, 11) is 0. The molecule has 26 heavy (non-hydrogen) atoms. The van der Waals surface area contributed by atoms with E-state index in [1.54, 1.807) is 0 Å². The number of hydrogen-bond acceptors (Lipinski definition) is 6. The van der Waals surface area contributed by atoms with Gasteiger partial charge in [0, 0.05) is 31.0 Å². The molecule has 2 saturated heterocycles. The SMILES string of the molecule is CC(C)(C)c1nnc(NC(=O)CN2CCCC(N3CCCCC3=O)C2)s1. The Kier molecular flexibility index (Phi) is 5.92. The van der Waals surface area contributed by atoms with Crippen molar-refractivity contribution in [1.82, 2.24) is 20.0 Å². The molecular weight excluding hydrogens is 350 g/mol.